The number of amides is 2. The number of hydrogen-bond donors (Lipinski definition) is 3. The van der Waals surface area contributed by atoms with Crippen LogP contribution in [0.4, 0.5) is 5.13 Å². The first-order valence-electron chi connectivity index (χ1n) is 8.01. The SMILES string of the molecule is CCc1ccccc1OCC(=O)Nc1nc(-c2c[nH]c(C(N)=O)c2)cs1. The average Bonchev–Trinajstić information content (AvgIpc) is 3.29. The number of carbonyl (C=O) groups excluding carboxylic acids is 2. The first-order chi connectivity index (χ1) is 12.6. The molecule has 8 heteroatoms. The molecule has 1 aromatic carbocycles. The second kappa shape index (κ2) is 7.83. The third-order valence-electron chi connectivity index (χ3n) is 3.71. The van der Waals surface area contributed by atoms with Gasteiger partial charge in [0.1, 0.15) is 11.4 Å². The number of thiazole rings is 1. The van der Waals surface area contributed by atoms with Crippen LogP contribution in [0, 0.1) is 0 Å². The van der Waals surface area contributed by atoms with Crippen molar-refractivity contribution in [2.45, 2.75) is 13.3 Å². The topological polar surface area (TPSA) is 110 Å². The van der Waals surface area contributed by atoms with E-state index in [1.165, 1.54) is 11.3 Å². The molecule has 3 aromatic rings. The van der Waals surface area contributed by atoms with E-state index in [1.54, 1.807) is 17.6 Å². The molecule has 7 nitrogen and oxygen atoms in total. The smallest absolute Gasteiger partial charge is 0.265 e. The predicted octanol–water partition coefficient (Wildman–Crippen LogP) is 2.82. The van der Waals surface area contributed by atoms with Gasteiger partial charge in [-0.2, -0.15) is 0 Å². The molecule has 0 aliphatic rings. The summed E-state index contributed by atoms with van der Waals surface area (Å²) >= 11 is 1.29. The van der Waals surface area contributed by atoms with Crippen LogP contribution in [0.3, 0.4) is 0 Å². The second-order valence-electron chi connectivity index (χ2n) is 5.50. The zero-order valence-corrected chi connectivity index (χ0v) is 14.9. The second-order valence-corrected chi connectivity index (χ2v) is 6.36. The highest BCUT2D eigenvalue weighted by molar-refractivity contribution is 7.14. The fourth-order valence-electron chi connectivity index (χ4n) is 2.38. The molecule has 0 unspecified atom stereocenters. The quantitative estimate of drug-likeness (QED) is 0.594. The molecule has 2 aromatic heterocycles. The molecule has 0 atom stereocenters. The number of H-pyrrole nitrogens is 1. The molecule has 0 saturated carbocycles. The first kappa shape index (κ1) is 17.7. The van der Waals surface area contributed by atoms with E-state index in [0.29, 0.717) is 22.3 Å². The van der Waals surface area contributed by atoms with Crippen LogP contribution in [-0.4, -0.2) is 28.4 Å². The van der Waals surface area contributed by atoms with E-state index in [-0.39, 0.29) is 12.5 Å². The van der Waals surface area contributed by atoms with Crippen molar-refractivity contribution in [3.8, 4) is 17.0 Å². The van der Waals surface area contributed by atoms with Crippen molar-refractivity contribution >= 4 is 28.3 Å². The number of primary amides is 1. The van der Waals surface area contributed by atoms with Gasteiger partial charge in [0.05, 0.1) is 5.69 Å². The maximum absolute atomic E-state index is 12.1. The Morgan fingerprint density at radius 1 is 1.35 bits per heavy atom. The summed E-state index contributed by atoms with van der Waals surface area (Å²) < 4.78 is 5.59. The fraction of sp³-hybridized carbons (Fsp3) is 0.167. The Labute approximate surface area is 154 Å². The molecule has 2 heterocycles. The van der Waals surface area contributed by atoms with Crippen LogP contribution < -0.4 is 15.8 Å². The van der Waals surface area contributed by atoms with Gasteiger partial charge >= 0.3 is 0 Å². The monoisotopic (exact) mass is 370 g/mol. The minimum Gasteiger partial charge on any atom is -0.483 e. The minimum absolute atomic E-state index is 0.0953. The lowest BCUT2D eigenvalue weighted by molar-refractivity contribution is -0.118. The normalized spacial score (nSPS) is 10.5. The highest BCUT2D eigenvalue weighted by atomic mass is 32.1. The van der Waals surface area contributed by atoms with Gasteiger partial charge in [-0.05, 0) is 24.1 Å². The number of anilines is 1. The largest absolute Gasteiger partial charge is 0.483 e. The third kappa shape index (κ3) is 4.09. The third-order valence-corrected chi connectivity index (χ3v) is 4.46. The molecule has 134 valence electrons. The first-order valence-corrected chi connectivity index (χ1v) is 8.89. The van der Waals surface area contributed by atoms with Gasteiger partial charge in [-0.1, -0.05) is 25.1 Å². The van der Waals surface area contributed by atoms with Gasteiger partial charge in [0.15, 0.2) is 11.7 Å². The summed E-state index contributed by atoms with van der Waals surface area (Å²) in [7, 11) is 0. The van der Waals surface area contributed by atoms with Crippen LogP contribution in [0.25, 0.3) is 11.3 Å². The summed E-state index contributed by atoms with van der Waals surface area (Å²) in [6.07, 6.45) is 2.48. The number of para-hydroxylation sites is 1. The summed E-state index contributed by atoms with van der Waals surface area (Å²) in [5, 5.41) is 4.96. The molecule has 4 N–H and O–H groups in total. The summed E-state index contributed by atoms with van der Waals surface area (Å²) in [4.78, 5) is 30.3. The van der Waals surface area contributed by atoms with Crippen LogP contribution in [-0.2, 0) is 11.2 Å². The predicted molar refractivity (Wildman–Crippen MR) is 100 cm³/mol. The minimum atomic E-state index is -0.537. The standard InChI is InChI=1S/C18H18N4O3S/c1-2-11-5-3-4-6-15(11)25-9-16(23)22-18-21-14(10-26-18)12-7-13(17(19)24)20-8-12/h3-8,10,20H,2,9H2,1H3,(H2,19,24)(H,21,22,23). The Hall–Kier alpha value is -3.13. The number of rotatable bonds is 7. The Balaban J connectivity index is 1.59. The van der Waals surface area contributed by atoms with Crippen LogP contribution in [0.5, 0.6) is 5.75 Å². The molecule has 26 heavy (non-hydrogen) atoms. The molecule has 0 aliphatic carbocycles. The van der Waals surface area contributed by atoms with E-state index in [9.17, 15) is 9.59 Å². The molecule has 0 saturated heterocycles. The fourth-order valence-corrected chi connectivity index (χ4v) is 3.12. The zero-order chi connectivity index (χ0) is 18.5. The number of nitrogens with zero attached hydrogens (tertiary/aromatic N) is 1. The van der Waals surface area contributed by atoms with E-state index in [0.717, 1.165) is 17.5 Å². The lowest BCUT2D eigenvalue weighted by Gasteiger charge is -2.09. The van der Waals surface area contributed by atoms with Crippen LogP contribution in [0.15, 0.2) is 41.9 Å². The maximum Gasteiger partial charge on any atom is 0.265 e. The molecule has 2 amide bonds. The van der Waals surface area contributed by atoms with Gasteiger partial charge in [0.2, 0.25) is 0 Å². The number of aromatic amines is 1. The molecule has 0 spiro atoms. The molecule has 0 fully saturated rings. The lowest BCUT2D eigenvalue weighted by Crippen LogP contribution is -2.20. The van der Waals surface area contributed by atoms with E-state index in [2.05, 4.69) is 15.3 Å². The highest BCUT2D eigenvalue weighted by Crippen LogP contribution is 2.25. The van der Waals surface area contributed by atoms with Gasteiger partial charge in [0.25, 0.3) is 11.8 Å². The summed E-state index contributed by atoms with van der Waals surface area (Å²) in [6, 6.07) is 9.24. The summed E-state index contributed by atoms with van der Waals surface area (Å²) in [5.74, 6) is -0.121. The van der Waals surface area contributed by atoms with Crippen molar-refractivity contribution in [3.63, 3.8) is 0 Å². The number of nitrogens with two attached hydrogens (primary N) is 1. The molecular formula is C18H18N4O3S. The average molecular weight is 370 g/mol. The Morgan fingerprint density at radius 2 is 2.15 bits per heavy atom. The van der Waals surface area contributed by atoms with E-state index < -0.39 is 5.91 Å². The van der Waals surface area contributed by atoms with Gasteiger partial charge in [-0.3, -0.25) is 14.9 Å². The highest BCUT2D eigenvalue weighted by Gasteiger charge is 2.12. The van der Waals surface area contributed by atoms with Gasteiger partial charge in [-0.15, -0.1) is 11.3 Å². The van der Waals surface area contributed by atoms with E-state index in [4.69, 9.17) is 10.5 Å². The molecule has 0 bridgehead atoms. The van der Waals surface area contributed by atoms with Crippen molar-refractivity contribution in [1.29, 1.82) is 0 Å². The Kier molecular flexibility index (Phi) is 5.33. The summed E-state index contributed by atoms with van der Waals surface area (Å²) in [5.41, 5.74) is 7.95. The van der Waals surface area contributed by atoms with Crippen molar-refractivity contribution in [2.24, 2.45) is 5.73 Å². The van der Waals surface area contributed by atoms with E-state index >= 15 is 0 Å². The van der Waals surface area contributed by atoms with Gasteiger partial charge in [0, 0.05) is 17.1 Å². The number of nitrogens with one attached hydrogen (secondary N) is 2. The maximum atomic E-state index is 12.1. The zero-order valence-electron chi connectivity index (χ0n) is 14.1. The number of aromatic nitrogens is 2. The summed E-state index contributed by atoms with van der Waals surface area (Å²) in [6.45, 7) is 1.94. The molecule has 3 rings (SSSR count). The number of benzene rings is 1. The van der Waals surface area contributed by atoms with Crippen molar-refractivity contribution in [1.82, 2.24) is 9.97 Å². The van der Waals surface area contributed by atoms with E-state index in [1.807, 2.05) is 31.2 Å². The van der Waals surface area contributed by atoms with Crippen molar-refractivity contribution in [3.05, 3.63) is 53.2 Å². The molecular weight excluding hydrogens is 352 g/mol. The van der Waals surface area contributed by atoms with Crippen LogP contribution >= 0.6 is 11.3 Å². The number of hydrogen-bond acceptors (Lipinski definition) is 5. The number of carbonyl (C=O) groups is 2. The Morgan fingerprint density at radius 3 is 2.88 bits per heavy atom. The van der Waals surface area contributed by atoms with Gasteiger partial charge < -0.3 is 15.5 Å². The van der Waals surface area contributed by atoms with Crippen molar-refractivity contribution in [2.75, 3.05) is 11.9 Å². The molecule has 0 radical (unpaired) electrons. The van der Waals surface area contributed by atoms with Crippen molar-refractivity contribution < 1.29 is 14.3 Å². The van der Waals surface area contributed by atoms with Crippen LogP contribution in [0.1, 0.15) is 23.0 Å². The van der Waals surface area contributed by atoms with Gasteiger partial charge in [-0.25, -0.2) is 4.98 Å². The number of aryl methyl sites for hydroxylation is 1. The van der Waals surface area contributed by atoms with Crippen LogP contribution in [0.2, 0.25) is 0 Å². The molecule has 0 aliphatic heterocycles. The lowest BCUT2D eigenvalue weighted by atomic mass is 10.1. The number of ether oxygens (including phenoxy) is 1. The Bertz CT molecular complexity index is 932.